The minimum Gasteiger partial charge on any atom is -0.497 e. The Kier molecular flexibility index (Phi) is 12.5. The van der Waals surface area contributed by atoms with Crippen LogP contribution >= 0.6 is 8.60 Å². The molecule has 0 aliphatic carbocycles. The molecule has 0 aliphatic rings. The van der Waals surface area contributed by atoms with E-state index in [1.807, 2.05) is 97.0 Å². The average molecular weight is 733 g/mol. The number of benzene rings is 4. The van der Waals surface area contributed by atoms with Crippen molar-refractivity contribution in [1.29, 1.82) is 0 Å². The summed E-state index contributed by atoms with van der Waals surface area (Å²) in [6.45, 7) is 24.7. The highest BCUT2D eigenvalue weighted by molar-refractivity contribution is 7.43. The second-order valence-corrected chi connectivity index (χ2v) is 17.3. The summed E-state index contributed by atoms with van der Waals surface area (Å²) in [5, 5.41) is 11.2. The molecule has 0 spiro atoms. The average Bonchev–Trinajstić information content (AvgIpc) is 3.01. The molecule has 8 nitrogen and oxygen atoms in total. The number of aliphatic hydroxyl groups is 1. The van der Waals surface area contributed by atoms with E-state index >= 15 is 0 Å². The van der Waals surface area contributed by atoms with Gasteiger partial charge in [-0.15, -0.1) is 0 Å². The number of ether oxygens (including phenoxy) is 4. The normalized spacial score (nSPS) is 12.8. The van der Waals surface area contributed by atoms with E-state index in [2.05, 4.69) is 53.7 Å². The van der Waals surface area contributed by atoms with Gasteiger partial charge in [-0.25, -0.2) is 0 Å². The zero-order valence-corrected chi connectivity index (χ0v) is 34.5. The third kappa shape index (κ3) is 10.3. The van der Waals surface area contributed by atoms with Crippen molar-refractivity contribution in [2.45, 2.75) is 113 Å². The van der Waals surface area contributed by atoms with Crippen molar-refractivity contribution in [3.05, 3.63) is 94.0 Å². The lowest BCUT2D eigenvalue weighted by atomic mass is 9.81. The van der Waals surface area contributed by atoms with Gasteiger partial charge in [0.2, 0.25) is 0 Å². The summed E-state index contributed by atoms with van der Waals surface area (Å²) >= 11 is 0. The third-order valence-electron chi connectivity index (χ3n) is 8.35. The first-order chi connectivity index (χ1) is 24.1. The zero-order valence-electron chi connectivity index (χ0n) is 33.6. The molecule has 282 valence electrons. The maximum Gasteiger partial charge on any atom is 0.530 e. The van der Waals surface area contributed by atoms with Crippen molar-refractivity contribution in [2.75, 3.05) is 14.2 Å². The van der Waals surface area contributed by atoms with Crippen LogP contribution in [0.15, 0.2) is 60.7 Å². The van der Waals surface area contributed by atoms with Crippen molar-refractivity contribution >= 4 is 8.60 Å². The largest absolute Gasteiger partial charge is 0.530 e. The number of rotatable bonds is 12. The Morgan fingerprint density at radius 3 is 1.37 bits per heavy atom. The van der Waals surface area contributed by atoms with Crippen LogP contribution in [0.1, 0.15) is 95.7 Å². The first-order valence-corrected chi connectivity index (χ1v) is 18.7. The molecule has 9 heteroatoms. The molecule has 1 N–H and O–H groups in total. The van der Waals surface area contributed by atoms with E-state index in [0.29, 0.717) is 45.6 Å². The van der Waals surface area contributed by atoms with Gasteiger partial charge in [0.05, 0.1) is 19.8 Å². The van der Waals surface area contributed by atoms with E-state index < -0.39 is 31.5 Å². The Labute approximate surface area is 312 Å². The number of aliphatic hydroxyl groups excluding tert-OH is 1. The van der Waals surface area contributed by atoms with E-state index in [0.717, 1.165) is 33.4 Å². The highest BCUT2D eigenvalue weighted by Crippen LogP contribution is 2.54. The minimum atomic E-state index is -2.10. The Morgan fingerprint density at radius 1 is 0.558 bits per heavy atom. The monoisotopic (exact) mass is 732 g/mol. The van der Waals surface area contributed by atoms with Crippen LogP contribution in [0.5, 0.6) is 34.5 Å². The maximum atomic E-state index is 11.2. The summed E-state index contributed by atoms with van der Waals surface area (Å²) in [6.07, 6.45) is 0. The van der Waals surface area contributed by atoms with Gasteiger partial charge in [-0.1, -0.05) is 76.9 Å². The second kappa shape index (κ2) is 16.0. The Bertz CT molecular complexity index is 1810. The molecule has 0 radical (unpaired) electrons. The number of hydrogen-bond acceptors (Lipinski definition) is 8. The first kappa shape index (κ1) is 40.8. The van der Waals surface area contributed by atoms with Crippen LogP contribution in [-0.4, -0.2) is 31.4 Å². The standard InChI is InChI=1S/C43H57O8P/c1-26-16-18-36(28(3)20-26)49-52(50-37-19-17-27(2)21-29(37)4)51-39-33(23-31(46-15)25-35(39)42(8,9)10)32-22-30(45-14)24-34(41(5,6)7)38(32)47-40(44)48-43(11,12)13/h16-25,40,44H,1-15H3. The molecule has 1 atom stereocenters. The van der Waals surface area contributed by atoms with Gasteiger partial charge in [-0.05, 0) is 107 Å². The fourth-order valence-electron chi connectivity index (χ4n) is 5.70. The Hall–Kier alpha value is -3.97. The van der Waals surface area contributed by atoms with Crippen molar-refractivity contribution in [1.82, 2.24) is 0 Å². The highest BCUT2D eigenvalue weighted by atomic mass is 31.2. The molecule has 0 heterocycles. The summed E-state index contributed by atoms with van der Waals surface area (Å²) in [5.41, 5.74) is 5.50. The van der Waals surface area contributed by atoms with Crippen molar-refractivity contribution in [2.24, 2.45) is 0 Å². The lowest BCUT2D eigenvalue weighted by molar-refractivity contribution is -0.259. The Balaban J connectivity index is 2.05. The molecule has 0 saturated carbocycles. The van der Waals surface area contributed by atoms with Crippen LogP contribution in [0.25, 0.3) is 11.1 Å². The molecule has 0 bridgehead atoms. The predicted molar refractivity (Wildman–Crippen MR) is 210 cm³/mol. The van der Waals surface area contributed by atoms with Crippen LogP contribution in [0.3, 0.4) is 0 Å². The first-order valence-electron chi connectivity index (χ1n) is 17.6. The summed E-state index contributed by atoms with van der Waals surface area (Å²) in [5.74, 6) is 3.44. The van der Waals surface area contributed by atoms with E-state index in [1.54, 1.807) is 14.2 Å². The van der Waals surface area contributed by atoms with Gasteiger partial charge >= 0.3 is 15.1 Å². The second-order valence-electron chi connectivity index (χ2n) is 16.3. The van der Waals surface area contributed by atoms with Crippen LogP contribution < -0.4 is 27.8 Å². The minimum absolute atomic E-state index is 0.415. The summed E-state index contributed by atoms with van der Waals surface area (Å²) in [4.78, 5) is 0. The SMILES string of the molecule is COc1cc(-c2cc(OC)cc(C(C)(C)C)c2OP(Oc2ccc(C)cc2C)Oc2ccc(C)cc2C)c(OC(O)OC(C)(C)C)c(C(C)(C)C)c1. The van der Waals surface area contributed by atoms with Gasteiger partial charge in [0.15, 0.2) is 0 Å². The molecule has 4 rings (SSSR count). The quantitative estimate of drug-likeness (QED) is 0.114. The van der Waals surface area contributed by atoms with Crippen LogP contribution in [0.4, 0.5) is 0 Å². The number of aryl methyl sites for hydroxylation is 4. The molecule has 0 saturated heterocycles. The van der Waals surface area contributed by atoms with Gasteiger partial charge in [-0.2, -0.15) is 0 Å². The molecule has 1 unspecified atom stereocenters. The van der Waals surface area contributed by atoms with E-state index in [4.69, 9.17) is 32.5 Å². The molecule has 0 aliphatic heterocycles. The molecule has 0 amide bonds. The summed E-state index contributed by atoms with van der Waals surface area (Å²) < 4.78 is 44.3. The lowest BCUT2D eigenvalue weighted by Gasteiger charge is -2.31. The summed E-state index contributed by atoms with van der Waals surface area (Å²) in [6, 6.07) is 19.7. The third-order valence-corrected chi connectivity index (χ3v) is 9.37. The molecule has 4 aromatic carbocycles. The van der Waals surface area contributed by atoms with Crippen molar-refractivity contribution < 1.29 is 37.6 Å². The molecule has 0 fully saturated rings. The molecule has 4 aromatic rings. The van der Waals surface area contributed by atoms with E-state index in [1.165, 1.54) is 0 Å². The molecule has 0 aromatic heterocycles. The number of methoxy groups -OCH3 is 2. The van der Waals surface area contributed by atoms with Crippen LogP contribution in [0.2, 0.25) is 0 Å². The maximum absolute atomic E-state index is 11.2. The van der Waals surface area contributed by atoms with Gasteiger partial charge in [0.1, 0.15) is 34.5 Å². The zero-order chi connectivity index (χ0) is 38.8. The van der Waals surface area contributed by atoms with Crippen LogP contribution in [-0.2, 0) is 15.6 Å². The van der Waals surface area contributed by atoms with E-state index in [-0.39, 0.29) is 0 Å². The van der Waals surface area contributed by atoms with Gasteiger partial charge < -0.3 is 37.6 Å². The van der Waals surface area contributed by atoms with Crippen LogP contribution in [0, 0.1) is 27.7 Å². The highest BCUT2D eigenvalue weighted by Gasteiger charge is 2.34. The smallest absolute Gasteiger partial charge is 0.497 e. The Morgan fingerprint density at radius 2 is 0.981 bits per heavy atom. The van der Waals surface area contributed by atoms with Gasteiger partial charge in [0, 0.05) is 22.3 Å². The fourth-order valence-corrected chi connectivity index (χ4v) is 6.89. The van der Waals surface area contributed by atoms with Crippen molar-refractivity contribution in [3.63, 3.8) is 0 Å². The van der Waals surface area contributed by atoms with Gasteiger partial charge in [0.25, 0.3) is 0 Å². The number of hydrogen-bond donors (Lipinski definition) is 1. The van der Waals surface area contributed by atoms with Gasteiger partial charge in [-0.3, -0.25) is 0 Å². The fraction of sp³-hybridized carbons (Fsp3) is 0.442. The topological polar surface area (TPSA) is 84.8 Å². The molecular weight excluding hydrogens is 675 g/mol. The predicted octanol–water partition coefficient (Wildman–Crippen LogP) is 11.4. The molecule has 52 heavy (non-hydrogen) atoms. The lowest BCUT2D eigenvalue weighted by Crippen LogP contribution is -2.32. The van der Waals surface area contributed by atoms with Crippen molar-refractivity contribution in [3.8, 4) is 45.6 Å². The van der Waals surface area contributed by atoms with E-state index in [9.17, 15) is 5.11 Å². The summed E-state index contributed by atoms with van der Waals surface area (Å²) in [7, 11) is 1.16. The molecular formula is C43H57O8P.